The summed E-state index contributed by atoms with van der Waals surface area (Å²) >= 11 is 0. The standard InChI is InChI=1S/C20H24FN7O2.ClH/c1-4-30-19-15(8-23-20(26-19)27-6-5-22-12(2)9-27)18(29)25-14-7-16(21)17-24-13(3)10-28(17)11-14;/h7-8,10-12,22H,4-6,9H2,1-3H3,(H,25,29);1H. The lowest BCUT2D eigenvalue weighted by Crippen LogP contribution is -2.49. The molecule has 1 fully saturated rings. The van der Waals surface area contributed by atoms with Gasteiger partial charge in [-0.2, -0.15) is 4.98 Å². The van der Waals surface area contributed by atoms with Crippen LogP contribution in [-0.4, -0.2) is 57.5 Å². The van der Waals surface area contributed by atoms with Crippen molar-refractivity contribution in [2.75, 3.05) is 36.5 Å². The maximum absolute atomic E-state index is 14.3. The highest BCUT2D eigenvalue weighted by Crippen LogP contribution is 2.22. The number of amides is 1. The zero-order valence-electron chi connectivity index (χ0n) is 17.6. The van der Waals surface area contributed by atoms with Crippen molar-refractivity contribution in [3.8, 4) is 5.88 Å². The number of imidazole rings is 1. The number of aryl methyl sites for hydroxylation is 1. The Balaban J connectivity index is 0.00000272. The molecule has 166 valence electrons. The van der Waals surface area contributed by atoms with Crippen LogP contribution < -0.4 is 20.3 Å². The second-order valence-electron chi connectivity index (χ2n) is 7.27. The van der Waals surface area contributed by atoms with Gasteiger partial charge in [0.25, 0.3) is 5.91 Å². The van der Waals surface area contributed by atoms with Crippen LogP contribution in [0.25, 0.3) is 5.65 Å². The summed E-state index contributed by atoms with van der Waals surface area (Å²) in [6.07, 6.45) is 4.74. The fraction of sp³-hybridized carbons (Fsp3) is 0.400. The molecule has 1 atom stereocenters. The number of anilines is 2. The van der Waals surface area contributed by atoms with Gasteiger partial charge in [0.2, 0.25) is 11.8 Å². The molecule has 3 aromatic rings. The van der Waals surface area contributed by atoms with E-state index in [1.165, 1.54) is 16.7 Å². The lowest BCUT2D eigenvalue weighted by atomic mass is 10.2. The van der Waals surface area contributed by atoms with Crippen molar-refractivity contribution in [2.45, 2.75) is 26.8 Å². The Kier molecular flexibility index (Phi) is 6.91. The third-order valence-electron chi connectivity index (χ3n) is 4.80. The number of carbonyl (C=O) groups is 1. The fourth-order valence-corrected chi connectivity index (χ4v) is 3.47. The van der Waals surface area contributed by atoms with Gasteiger partial charge in [-0.3, -0.25) is 4.79 Å². The lowest BCUT2D eigenvalue weighted by Gasteiger charge is -2.32. The molecule has 4 heterocycles. The third-order valence-corrected chi connectivity index (χ3v) is 4.80. The maximum atomic E-state index is 14.3. The van der Waals surface area contributed by atoms with Crippen LogP contribution in [0, 0.1) is 12.7 Å². The predicted octanol–water partition coefficient (Wildman–Crippen LogP) is 2.44. The maximum Gasteiger partial charge on any atom is 0.262 e. The third kappa shape index (κ3) is 4.86. The summed E-state index contributed by atoms with van der Waals surface area (Å²) in [6.45, 7) is 8.40. The molecule has 1 saturated heterocycles. The van der Waals surface area contributed by atoms with E-state index >= 15 is 0 Å². The van der Waals surface area contributed by atoms with Crippen LogP contribution in [0.3, 0.4) is 0 Å². The second kappa shape index (κ2) is 9.44. The van der Waals surface area contributed by atoms with Crippen molar-refractivity contribution in [3.63, 3.8) is 0 Å². The van der Waals surface area contributed by atoms with Gasteiger partial charge in [-0.25, -0.2) is 14.4 Å². The number of piperazine rings is 1. The smallest absolute Gasteiger partial charge is 0.262 e. The number of aromatic nitrogens is 4. The van der Waals surface area contributed by atoms with E-state index in [4.69, 9.17) is 4.74 Å². The molecule has 2 N–H and O–H groups in total. The first-order valence-electron chi connectivity index (χ1n) is 9.89. The quantitative estimate of drug-likeness (QED) is 0.617. The van der Waals surface area contributed by atoms with Gasteiger partial charge in [0, 0.05) is 50.3 Å². The number of nitrogens with zero attached hydrogens (tertiary/aromatic N) is 5. The van der Waals surface area contributed by atoms with Gasteiger partial charge in [-0.15, -0.1) is 12.4 Å². The predicted molar refractivity (Wildman–Crippen MR) is 118 cm³/mol. The van der Waals surface area contributed by atoms with Crippen LogP contribution in [0.15, 0.2) is 24.7 Å². The first-order valence-corrected chi connectivity index (χ1v) is 9.89. The van der Waals surface area contributed by atoms with Gasteiger partial charge in [-0.05, 0) is 20.8 Å². The minimum atomic E-state index is -0.523. The molecule has 0 spiro atoms. The van der Waals surface area contributed by atoms with Gasteiger partial charge in [0.1, 0.15) is 5.56 Å². The molecule has 9 nitrogen and oxygen atoms in total. The number of rotatable bonds is 5. The zero-order chi connectivity index (χ0) is 21.3. The Bertz CT molecular complexity index is 1090. The van der Waals surface area contributed by atoms with Gasteiger partial charge in [-0.1, -0.05) is 0 Å². The molecule has 0 aromatic carbocycles. The monoisotopic (exact) mass is 449 g/mol. The molecule has 0 aliphatic carbocycles. The molecule has 4 rings (SSSR count). The second-order valence-corrected chi connectivity index (χ2v) is 7.27. The number of ether oxygens (including phenoxy) is 1. The Hall–Kier alpha value is -2.98. The molecule has 1 aliphatic rings. The average molecular weight is 450 g/mol. The van der Waals surface area contributed by atoms with Gasteiger partial charge in [0.15, 0.2) is 11.5 Å². The summed E-state index contributed by atoms with van der Waals surface area (Å²) in [5, 5.41) is 6.06. The number of halogens is 2. The summed E-state index contributed by atoms with van der Waals surface area (Å²) in [7, 11) is 0. The SMILES string of the molecule is CCOc1nc(N2CCNC(C)C2)ncc1C(=O)Nc1cc(F)c2nc(C)cn2c1.Cl. The van der Waals surface area contributed by atoms with Gasteiger partial charge >= 0.3 is 0 Å². The van der Waals surface area contributed by atoms with Crippen molar-refractivity contribution >= 4 is 35.6 Å². The first kappa shape index (κ1) is 22.7. The highest BCUT2D eigenvalue weighted by molar-refractivity contribution is 6.05. The summed E-state index contributed by atoms with van der Waals surface area (Å²) in [5.41, 5.74) is 1.37. The molecule has 11 heteroatoms. The minimum Gasteiger partial charge on any atom is -0.477 e. The molecule has 1 amide bonds. The highest BCUT2D eigenvalue weighted by atomic mass is 35.5. The van der Waals surface area contributed by atoms with Crippen LogP contribution in [0.5, 0.6) is 5.88 Å². The van der Waals surface area contributed by atoms with E-state index in [0.717, 1.165) is 19.6 Å². The molecular weight excluding hydrogens is 425 g/mol. The van der Waals surface area contributed by atoms with Crippen LogP contribution in [-0.2, 0) is 0 Å². The summed E-state index contributed by atoms with van der Waals surface area (Å²) in [5.74, 6) is -0.282. The van der Waals surface area contributed by atoms with Crippen LogP contribution in [0.2, 0.25) is 0 Å². The Morgan fingerprint density at radius 3 is 2.94 bits per heavy atom. The average Bonchev–Trinajstić information content (AvgIpc) is 3.09. The van der Waals surface area contributed by atoms with Crippen molar-refractivity contribution in [2.24, 2.45) is 0 Å². The number of nitrogens with one attached hydrogen (secondary N) is 2. The molecular formula is C20H25ClFN7O2. The topological polar surface area (TPSA) is 96.7 Å². The lowest BCUT2D eigenvalue weighted by molar-refractivity contribution is 0.102. The molecule has 1 aliphatic heterocycles. The van der Waals surface area contributed by atoms with Crippen molar-refractivity contribution < 1.29 is 13.9 Å². The van der Waals surface area contributed by atoms with E-state index in [-0.39, 0.29) is 29.5 Å². The Morgan fingerprint density at radius 2 is 2.19 bits per heavy atom. The number of fused-ring (bicyclic) bond motifs is 1. The molecule has 3 aromatic heterocycles. The number of carbonyl (C=O) groups excluding carboxylic acids is 1. The zero-order valence-corrected chi connectivity index (χ0v) is 18.4. The summed E-state index contributed by atoms with van der Waals surface area (Å²) in [4.78, 5) is 27.9. The van der Waals surface area contributed by atoms with E-state index in [1.807, 2.05) is 6.92 Å². The normalized spacial score (nSPS) is 16.1. The molecule has 1 unspecified atom stereocenters. The number of hydrogen-bond donors (Lipinski definition) is 2. The molecule has 31 heavy (non-hydrogen) atoms. The van der Waals surface area contributed by atoms with E-state index in [0.29, 0.717) is 30.0 Å². The van der Waals surface area contributed by atoms with E-state index in [1.54, 1.807) is 19.3 Å². The van der Waals surface area contributed by atoms with Crippen molar-refractivity contribution in [1.82, 2.24) is 24.7 Å². The van der Waals surface area contributed by atoms with Crippen molar-refractivity contribution in [3.05, 3.63) is 41.7 Å². The summed E-state index contributed by atoms with van der Waals surface area (Å²) in [6, 6.07) is 1.55. The van der Waals surface area contributed by atoms with Gasteiger partial charge < -0.3 is 24.7 Å². The Morgan fingerprint density at radius 1 is 1.39 bits per heavy atom. The fourth-order valence-electron chi connectivity index (χ4n) is 3.47. The van der Waals surface area contributed by atoms with Crippen LogP contribution in [0.1, 0.15) is 29.9 Å². The Labute approximate surface area is 185 Å². The number of hydrogen-bond acceptors (Lipinski definition) is 7. The van der Waals surface area contributed by atoms with Crippen LogP contribution in [0.4, 0.5) is 16.0 Å². The van der Waals surface area contributed by atoms with Crippen LogP contribution >= 0.6 is 12.4 Å². The first-order chi connectivity index (χ1) is 14.4. The van der Waals surface area contributed by atoms with E-state index in [2.05, 4.69) is 37.4 Å². The van der Waals surface area contributed by atoms with E-state index < -0.39 is 11.7 Å². The minimum absolute atomic E-state index is 0. The highest BCUT2D eigenvalue weighted by Gasteiger charge is 2.22. The van der Waals surface area contributed by atoms with E-state index in [9.17, 15) is 9.18 Å². The van der Waals surface area contributed by atoms with Gasteiger partial charge in [0.05, 0.1) is 18.0 Å². The molecule has 0 saturated carbocycles. The van der Waals surface area contributed by atoms with Crippen molar-refractivity contribution in [1.29, 1.82) is 0 Å². The largest absolute Gasteiger partial charge is 0.477 e. The molecule has 0 bridgehead atoms. The molecule has 0 radical (unpaired) electrons. The summed E-state index contributed by atoms with van der Waals surface area (Å²) < 4.78 is 21.5. The number of pyridine rings is 1.